The van der Waals surface area contributed by atoms with E-state index in [9.17, 15) is 0 Å². The van der Waals surface area contributed by atoms with Crippen LogP contribution in [0.25, 0.3) is 11.6 Å². The fraction of sp³-hybridized carbons (Fsp3) is 0.500. The molecule has 2 aromatic heterocycles. The highest BCUT2D eigenvalue weighted by Gasteiger charge is 2.40. The molecule has 0 radical (unpaired) electrons. The number of furan rings is 1. The molecule has 0 aliphatic heterocycles. The first-order valence-corrected chi connectivity index (χ1v) is 7.29. The molecule has 112 valence electrons. The molecule has 2 aromatic rings. The van der Waals surface area contributed by atoms with E-state index in [-0.39, 0.29) is 5.41 Å². The molecule has 1 aliphatic carbocycles. The van der Waals surface area contributed by atoms with E-state index in [4.69, 9.17) is 13.7 Å². The standard InChI is InChI=1S/C16H20N2O3/c1-12(10-13-6-5-9-20-13)14-17-15(18-21-14)16(11-19-2)7-3-4-8-16/h5-6,9-10H,3-4,7-8,11H2,1-2H3/b12-10+. The van der Waals surface area contributed by atoms with Crippen molar-refractivity contribution in [2.24, 2.45) is 0 Å². The van der Waals surface area contributed by atoms with Crippen LogP contribution >= 0.6 is 0 Å². The molecule has 3 rings (SSSR count). The molecular formula is C16H20N2O3. The lowest BCUT2D eigenvalue weighted by Gasteiger charge is -2.23. The van der Waals surface area contributed by atoms with Gasteiger partial charge in [0.1, 0.15) is 5.76 Å². The van der Waals surface area contributed by atoms with Crippen LogP contribution in [0.5, 0.6) is 0 Å². The lowest BCUT2D eigenvalue weighted by molar-refractivity contribution is 0.125. The highest BCUT2D eigenvalue weighted by molar-refractivity contribution is 5.74. The van der Waals surface area contributed by atoms with Gasteiger partial charge in [0.15, 0.2) is 5.82 Å². The Bertz CT molecular complexity index is 607. The smallest absolute Gasteiger partial charge is 0.253 e. The number of allylic oxidation sites excluding steroid dienone is 1. The summed E-state index contributed by atoms with van der Waals surface area (Å²) in [5.41, 5.74) is 0.816. The topological polar surface area (TPSA) is 61.3 Å². The first kappa shape index (κ1) is 14.1. The van der Waals surface area contributed by atoms with Crippen molar-refractivity contribution in [3.05, 3.63) is 35.9 Å². The number of methoxy groups -OCH3 is 1. The summed E-state index contributed by atoms with van der Waals surface area (Å²) in [6, 6.07) is 3.74. The number of ether oxygens (including phenoxy) is 1. The number of rotatable bonds is 5. The van der Waals surface area contributed by atoms with Gasteiger partial charge >= 0.3 is 0 Å². The van der Waals surface area contributed by atoms with Crippen LogP contribution in [0.2, 0.25) is 0 Å². The van der Waals surface area contributed by atoms with Crippen LogP contribution in [0.1, 0.15) is 50.1 Å². The molecule has 0 atom stereocenters. The third kappa shape index (κ3) is 2.78. The van der Waals surface area contributed by atoms with Crippen LogP contribution in [0, 0.1) is 0 Å². The van der Waals surface area contributed by atoms with Crippen molar-refractivity contribution in [1.82, 2.24) is 10.1 Å². The Labute approximate surface area is 124 Å². The molecule has 0 unspecified atom stereocenters. The normalized spacial score (nSPS) is 18.3. The van der Waals surface area contributed by atoms with E-state index < -0.39 is 0 Å². The zero-order chi connectivity index (χ0) is 14.7. The zero-order valence-electron chi connectivity index (χ0n) is 12.5. The minimum Gasteiger partial charge on any atom is -0.465 e. The second-order valence-corrected chi connectivity index (χ2v) is 5.69. The number of hydrogen-bond acceptors (Lipinski definition) is 5. The van der Waals surface area contributed by atoms with Crippen molar-refractivity contribution in [2.45, 2.75) is 38.0 Å². The lowest BCUT2D eigenvalue weighted by atomic mass is 9.86. The molecule has 0 spiro atoms. The third-order valence-corrected chi connectivity index (χ3v) is 4.12. The Balaban J connectivity index is 1.85. The van der Waals surface area contributed by atoms with Gasteiger partial charge in [-0.3, -0.25) is 0 Å². The van der Waals surface area contributed by atoms with Crippen LogP contribution < -0.4 is 0 Å². The minimum atomic E-state index is -0.0819. The van der Waals surface area contributed by atoms with Gasteiger partial charge in [-0.15, -0.1) is 0 Å². The van der Waals surface area contributed by atoms with Crippen molar-refractivity contribution in [3.63, 3.8) is 0 Å². The number of aromatic nitrogens is 2. The maximum Gasteiger partial charge on any atom is 0.253 e. The highest BCUT2D eigenvalue weighted by Crippen LogP contribution is 2.40. The molecule has 21 heavy (non-hydrogen) atoms. The van der Waals surface area contributed by atoms with Crippen LogP contribution in [0.3, 0.4) is 0 Å². The molecule has 0 N–H and O–H groups in total. The maximum absolute atomic E-state index is 5.43. The molecule has 0 aromatic carbocycles. The Morgan fingerprint density at radius 1 is 1.43 bits per heavy atom. The minimum absolute atomic E-state index is 0.0819. The van der Waals surface area contributed by atoms with Crippen molar-refractivity contribution >= 4 is 11.6 Å². The highest BCUT2D eigenvalue weighted by atomic mass is 16.5. The van der Waals surface area contributed by atoms with Gasteiger partial charge in [0, 0.05) is 12.7 Å². The van der Waals surface area contributed by atoms with Crippen LogP contribution in [0.4, 0.5) is 0 Å². The van der Waals surface area contributed by atoms with E-state index in [0.717, 1.165) is 30.0 Å². The molecule has 1 fully saturated rings. The lowest BCUT2D eigenvalue weighted by Crippen LogP contribution is -2.29. The summed E-state index contributed by atoms with van der Waals surface area (Å²) in [6.45, 7) is 2.59. The molecule has 0 amide bonds. The largest absolute Gasteiger partial charge is 0.465 e. The average Bonchev–Trinajstić information content (AvgIpc) is 3.20. The van der Waals surface area contributed by atoms with Gasteiger partial charge in [0.2, 0.25) is 0 Å². The van der Waals surface area contributed by atoms with E-state index in [1.54, 1.807) is 13.4 Å². The molecule has 1 aliphatic rings. The number of hydrogen-bond donors (Lipinski definition) is 0. The summed E-state index contributed by atoms with van der Waals surface area (Å²) in [7, 11) is 1.73. The van der Waals surface area contributed by atoms with Crippen molar-refractivity contribution in [2.75, 3.05) is 13.7 Å². The van der Waals surface area contributed by atoms with Crippen LogP contribution in [-0.4, -0.2) is 23.9 Å². The Kier molecular flexibility index (Phi) is 3.92. The predicted octanol–water partition coefficient (Wildman–Crippen LogP) is 3.68. The van der Waals surface area contributed by atoms with E-state index in [0.29, 0.717) is 12.5 Å². The van der Waals surface area contributed by atoms with Gasteiger partial charge in [0.25, 0.3) is 5.89 Å². The Morgan fingerprint density at radius 2 is 2.24 bits per heavy atom. The summed E-state index contributed by atoms with van der Waals surface area (Å²) >= 11 is 0. The Hall–Kier alpha value is -1.88. The van der Waals surface area contributed by atoms with E-state index in [1.807, 2.05) is 25.1 Å². The summed E-state index contributed by atoms with van der Waals surface area (Å²) in [5, 5.41) is 4.20. The summed E-state index contributed by atoms with van der Waals surface area (Å²) in [4.78, 5) is 4.60. The molecule has 2 heterocycles. The van der Waals surface area contributed by atoms with Crippen molar-refractivity contribution < 1.29 is 13.7 Å². The SMILES string of the molecule is COCC1(c2noc(/C(C)=C/c3ccco3)n2)CCCC1. The van der Waals surface area contributed by atoms with Crippen molar-refractivity contribution in [3.8, 4) is 0 Å². The number of nitrogens with zero attached hydrogens (tertiary/aromatic N) is 2. The molecular weight excluding hydrogens is 268 g/mol. The van der Waals surface area contributed by atoms with E-state index >= 15 is 0 Å². The average molecular weight is 288 g/mol. The van der Waals surface area contributed by atoms with Gasteiger partial charge < -0.3 is 13.7 Å². The summed E-state index contributed by atoms with van der Waals surface area (Å²) < 4.78 is 16.1. The zero-order valence-corrected chi connectivity index (χ0v) is 12.5. The molecule has 0 saturated heterocycles. The van der Waals surface area contributed by atoms with Crippen molar-refractivity contribution in [1.29, 1.82) is 0 Å². The fourth-order valence-electron chi connectivity index (χ4n) is 3.01. The van der Waals surface area contributed by atoms with Gasteiger partial charge in [-0.1, -0.05) is 18.0 Å². The maximum atomic E-state index is 5.43. The van der Waals surface area contributed by atoms with Crippen LogP contribution in [0.15, 0.2) is 27.3 Å². The second kappa shape index (κ2) is 5.85. The van der Waals surface area contributed by atoms with E-state index in [1.165, 1.54) is 12.8 Å². The quantitative estimate of drug-likeness (QED) is 0.839. The van der Waals surface area contributed by atoms with Gasteiger partial charge in [-0.2, -0.15) is 4.98 Å². The monoisotopic (exact) mass is 288 g/mol. The van der Waals surface area contributed by atoms with Gasteiger partial charge in [-0.25, -0.2) is 0 Å². The predicted molar refractivity (Wildman–Crippen MR) is 78.6 cm³/mol. The third-order valence-electron chi connectivity index (χ3n) is 4.12. The summed E-state index contributed by atoms with van der Waals surface area (Å²) in [5.74, 6) is 2.09. The summed E-state index contributed by atoms with van der Waals surface area (Å²) in [6.07, 6.45) is 8.03. The molecule has 5 nitrogen and oxygen atoms in total. The first-order chi connectivity index (χ1) is 10.2. The van der Waals surface area contributed by atoms with Crippen LogP contribution in [-0.2, 0) is 10.2 Å². The van der Waals surface area contributed by atoms with Gasteiger partial charge in [-0.05, 0) is 38.0 Å². The second-order valence-electron chi connectivity index (χ2n) is 5.69. The van der Waals surface area contributed by atoms with Gasteiger partial charge in [0.05, 0.1) is 18.3 Å². The fourth-order valence-corrected chi connectivity index (χ4v) is 3.01. The molecule has 5 heteroatoms. The molecule has 0 bridgehead atoms. The first-order valence-electron chi connectivity index (χ1n) is 7.29. The molecule has 1 saturated carbocycles. The van der Waals surface area contributed by atoms with E-state index in [2.05, 4.69) is 10.1 Å². The Morgan fingerprint density at radius 3 is 2.90 bits per heavy atom.